The van der Waals surface area contributed by atoms with E-state index in [9.17, 15) is 8.78 Å². The molecule has 0 spiro atoms. The van der Waals surface area contributed by atoms with Gasteiger partial charge in [0.05, 0.1) is 30.5 Å². The van der Waals surface area contributed by atoms with Crippen molar-refractivity contribution in [2.75, 3.05) is 18.1 Å². The van der Waals surface area contributed by atoms with E-state index in [1.54, 1.807) is 23.3 Å². The number of anilines is 1. The fourth-order valence-electron chi connectivity index (χ4n) is 4.65. The van der Waals surface area contributed by atoms with Crippen molar-refractivity contribution in [2.24, 2.45) is 0 Å². The first kappa shape index (κ1) is 19.9. The average molecular weight is 450 g/mol. The van der Waals surface area contributed by atoms with Gasteiger partial charge < -0.3 is 9.64 Å². The Kier molecular flexibility index (Phi) is 4.64. The molecule has 0 bridgehead atoms. The van der Waals surface area contributed by atoms with E-state index in [4.69, 9.17) is 9.72 Å². The third-order valence-corrected chi connectivity index (χ3v) is 6.18. The van der Waals surface area contributed by atoms with Gasteiger partial charge in [0.25, 0.3) is 0 Å². The van der Waals surface area contributed by atoms with E-state index in [0.29, 0.717) is 25.0 Å². The first-order chi connectivity index (χ1) is 16.2. The molecule has 0 aliphatic carbocycles. The van der Waals surface area contributed by atoms with Crippen LogP contribution in [0.1, 0.15) is 31.6 Å². The highest BCUT2D eigenvalue weighted by Crippen LogP contribution is 2.41. The number of imidazole rings is 1. The summed E-state index contributed by atoms with van der Waals surface area (Å²) in [5.74, 6) is 0.169. The van der Waals surface area contributed by atoms with Crippen LogP contribution in [0.25, 0.3) is 23.0 Å². The highest BCUT2D eigenvalue weighted by Gasteiger charge is 2.39. The summed E-state index contributed by atoms with van der Waals surface area (Å²) in [6.07, 6.45) is 8.18. The number of fused-ring (bicyclic) bond motifs is 3. The van der Waals surface area contributed by atoms with Gasteiger partial charge in [-0.1, -0.05) is 13.0 Å². The molecule has 2 atom stereocenters. The quantitative estimate of drug-likeness (QED) is 0.472. The molecule has 168 valence electrons. The van der Waals surface area contributed by atoms with Crippen LogP contribution in [0.4, 0.5) is 14.6 Å². The predicted molar refractivity (Wildman–Crippen MR) is 114 cm³/mol. The molecule has 0 saturated carbocycles. The van der Waals surface area contributed by atoms with Crippen molar-refractivity contribution in [3.8, 4) is 23.0 Å². The normalized spacial score (nSPS) is 19.5. The predicted octanol–water partition coefficient (Wildman–Crippen LogP) is 3.25. The Bertz CT molecular complexity index is 1330. The third-order valence-electron chi connectivity index (χ3n) is 6.18. The maximum absolute atomic E-state index is 14.5. The SMILES string of the molecule is CC[C@@H]1c2nncn2-c2cnc(-n3ccnc3-c3cccc(F)c3F)nc2N1C1CCOC1. The largest absolute Gasteiger partial charge is 0.379 e. The van der Waals surface area contributed by atoms with Gasteiger partial charge in [-0.25, -0.2) is 18.7 Å². The molecule has 9 nitrogen and oxygen atoms in total. The van der Waals surface area contributed by atoms with E-state index in [1.165, 1.54) is 18.3 Å². The molecular formula is C22H20F2N8O. The Morgan fingerprint density at radius 3 is 2.91 bits per heavy atom. The fourth-order valence-corrected chi connectivity index (χ4v) is 4.65. The van der Waals surface area contributed by atoms with Gasteiger partial charge in [0.1, 0.15) is 17.8 Å². The second kappa shape index (κ2) is 7.69. The van der Waals surface area contributed by atoms with Gasteiger partial charge in [-0.15, -0.1) is 10.2 Å². The maximum atomic E-state index is 14.5. The Labute approximate surface area is 187 Å². The number of halogens is 2. The monoisotopic (exact) mass is 450 g/mol. The second-order valence-corrected chi connectivity index (χ2v) is 8.01. The molecule has 1 aromatic carbocycles. The van der Waals surface area contributed by atoms with Gasteiger partial charge in [-0.2, -0.15) is 4.98 Å². The minimum Gasteiger partial charge on any atom is -0.379 e. The minimum atomic E-state index is -0.965. The van der Waals surface area contributed by atoms with Gasteiger partial charge in [-0.05, 0) is 25.0 Å². The molecule has 33 heavy (non-hydrogen) atoms. The van der Waals surface area contributed by atoms with E-state index < -0.39 is 11.6 Å². The fraction of sp³-hybridized carbons (Fsp3) is 0.318. The van der Waals surface area contributed by atoms with Crippen molar-refractivity contribution < 1.29 is 13.5 Å². The summed E-state index contributed by atoms with van der Waals surface area (Å²) in [5, 5.41) is 8.47. The lowest BCUT2D eigenvalue weighted by Gasteiger charge is -2.40. The molecule has 3 aromatic heterocycles. The van der Waals surface area contributed by atoms with E-state index in [1.807, 2.05) is 4.57 Å². The molecule has 11 heteroatoms. The molecule has 6 rings (SSSR count). The third kappa shape index (κ3) is 3.03. The van der Waals surface area contributed by atoms with Crippen molar-refractivity contribution in [3.63, 3.8) is 0 Å². The van der Waals surface area contributed by atoms with Gasteiger partial charge in [0.15, 0.2) is 23.3 Å². The topological polar surface area (TPSA) is 86.8 Å². The molecule has 0 radical (unpaired) electrons. The van der Waals surface area contributed by atoms with Crippen LogP contribution in [0.15, 0.2) is 43.1 Å². The summed E-state index contributed by atoms with van der Waals surface area (Å²) in [4.78, 5) is 15.9. The summed E-state index contributed by atoms with van der Waals surface area (Å²) in [7, 11) is 0. The van der Waals surface area contributed by atoms with E-state index in [2.05, 4.69) is 32.0 Å². The number of benzene rings is 1. The number of rotatable bonds is 4. The number of nitrogens with zero attached hydrogens (tertiary/aromatic N) is 8. The van der Waals surface area contributed by atoms with E-state index in [-0.39, 0.29) is 23.5 Å². The molecule has 1 fully saturated rings. The van der Waals surface area contributed by atoms with Crippen LogP contribution in [-0.4, -0.2) is 53.5 Å². The summed E-state index contributed by atoms with van der Waals surface area (Å²) >= 11 is 0. The first-order valence-electron chi connectivity index (χ1n) is 10.8. The lowest BCUT2D eigenvalue weighted by Crippen LogP contribution is -2.43. The summed E-state index contributed by atoms with van der Waals surface area (Å²) in [6.45, 7) is 3.37. The molecule has 0 amide bonds. The smallest absolute Gasteiger partial charge is 0.237 e. The van der Waals surface area contributed by atoms with Gasteiger partial charge >= 0.3 is 0 Å². The highest BCUT2D eigenvalue weighted by molar-refractivity contribution is 5.64. The minimum absolute atomic E-state index is 0.0302. The molecule has 0 N–H and O–H groups in total. The van der Waals surface area contributed by atoms with E-state index in [0.717, 1.165) is 30.4 Å². The summed E-state index contributed by atoms with van der Waals surface area (Å²) < 4.78 is 37.5. The zero-order valence-corrected chi connectivity index (χ0v) is 17.8. The molecule has 1 unspecified atom stereocenters. The van der Waals surface area contributed by atoms with Crippen LogP contribution in [0.2, 0.25) is 0 Å². The Morgan fingerprint density at radius 1 is 1.18 bits per heavy atom. The zero-order valence-electron chi connectivity index (χ0n) is 17.8. The van der Waals surface area contributed by atoms with Crippen LogP contribution >= 0.6 is 0 Å². The summed E-state index contributed by atoms with van der Waals surface area (Å²) in [6, 6.07) is 4.10. The molecule has 2 aliphatic heterocycles. The average Bonchev–Trinajstić information content (AvgIpc) is 3.61. The van der Waals surface area contributed by atoms with Crippen LogP contribution in [0, 0.1) is 11.6 Å². The lowest BCUT2D eigenvalue weighted by molar-refractivity contribution is 0.191. The standard InChI is InChI=1S/C22H20F2N8O/c1-2-16-21-29-27-12-31(21)17-10-26-22(28-20(17)32(16)13-6-9-33-11-13)30-8-7-25-19(30)14-4-3-5-15(23)18(14)24/h3-5,7-8,10,12-13,16H,2,6,9,11H2,1H3/t13?,16-/m1/s1. The van der Waals surface area contributed by atoms with Gasteiger partial charge in [0, 0.05) is 19.0 Å². The second-order valence-electron chi connectivity index (χ2n) is 8.01. The zero-order chi connectivity index (χ0) is 22.5. The van der Waals surface area contributed by atoms with Crippen molar-refractivity contribution in [1.29, 1.82) is 0 Å². The molecule has 4 aromatic rings. The van der Waals surface area contributed by atoms with Gasteiger partial charge in [0.2, 0.25) is 5.95 Å². The van der Waals surface area contributed by atoms with Crippen LogP contribution in [0.3, 0.4) is 0 Å². The summed E-state index contributed by atoms with van der Waals surface area (Å²) in [5.41, 5.74) is 0.795. The molecule has 1 saturated heterocycles. The number of aromatic nitrogens is 7. The van der Waals surface area contributed by atoms with Gasteiger partial charge in [-0.3, -0.25) is 9.13 Å². The highest BCUT2D eigenvalue weighted by atomic mass is 19.2. The Balaban J connectivity index is 1.52. The molecule has 5 heterocycles. The first-order valence-corrected chi connectivity index (χ1v) is 10.8. The van der Waals surface area contributed by atoms with Crippen LogP contribution in [-0.2, 0) is 4.74 Å². The van der Waals surface area contributed by atoms with Crippen LogP contribution < -0.4 is 4.90 Å². The maximum Gasteiger partial charge on any atom is 0.237 e. The lowest BCUT2D eigenvalue weighted by atomic mass is 10.1. The number of hydrogen-bond acceptors (Lipinski definition) is 7. The number of ether oxygens (including phenoxy) is 1. The van der Waals surface area contributed by atoms with Crippen molar-refractivity contribution in [3.05, 3.63) is 60.6 Å². The van der Waals surface area contributed by atoms with Crippen LogP contribution in [0.5, 0.6) is 0 Å². The van der Waals surface area contributed by atoms with Crippen molar-refractivity contribution >= 4 is 5.82 Å². The van der Waals surface area contributed by atoms with Crippen molar-refractivity contribution in [2.45, 2.75) is 31.8 Å². The number of hydrogen-bond donors (Lipinski definition) is 0. The molecule has 2 aliphatic rings. The van der Waals surface area contributed by atoms with Crippen molar-refractivity contribution in [1.82, 2.24) is 34.3 Å². The van der Waals surface area contributed by atoms with E-state index >= 15 is 0 Å². The Morgan fingerprint density at radius 2 is 2.09 bits per heavy atom. The Hall–Kier alpha value is -3.73. The molecular weight excluding hydrogens is 430 g/mol.